The summed E-state index contributed by atoms with van der Waals surface area (Å²) in [4.78, 5) is 12.2. The lowest BCUT2D eigenvalue weighted by Gasteiger charge is -2.06. The Morgan fingerprint density at radius 1 is 1.17 bits per heavy atom. The van der Waals surface area contributed by atoms with Crippen molar-refractivity contribution in [2.24, 2.45) is 5.10 Å². The fraction of sp³-hybridized carbons (Fsp3) is 0.227. The first-order valence-corrected chi connectivity index (χ1v) is 9.53. The molecule has 3 aromatic rings. The predicted molar refractivity (Wildman–Crippen MR) is 111 cm³/mol. The minimum absolute atomic E-state index is 0.288. The number of carbonyl (C=O) groups excluding carboxylic acids is 1. The molecule has 1 aromatic heterocycles. The van der Waals surface area contributed by atoms with Crippen LogP contribution in [-0.4, -0.2) is 28.9 Å². The fourth-order valence-corrected chi connectivity index (χ4v) is 2.62. The van der Waals surface area contributed by atoms with E-state index in [9.17, 15) is 9.18 Å². The van der Waals surface area contributed by atoms with Gasteiger partial charge in [0.1, 0.15) is 17.3 Å². The Balaban J connectivity index is 1.55. The van der Waals surface area contributed by atoms with Crippen LogP contribution in [0.1, 0.15) is 42.2 Å². The Morgan fingerprint density at radius 3 is 2.66 bits per heavy atom. The number of H-pyrrole nitrogens is 1. The maximum Gasteiger partial charge on any atom is 0.289 e. The number of carbonyl (C=O) groups is 1. The van der Waals surface area contributed by atoms with Crippen LogP contribution in [0.15, 0.2) is 59.7 Å². The van der Waals surface area contributed by atoms with Gasteiger partial charge in [-0.15, -0.1) is 0 Å². The first-order chi connectivity index (χ1) is 14.2. The predicted octanol–water partition coefficient (Wildman–Crippen LogP) is 4.55. The van der Waals surface area contributed by atoms with E-state index in [1.54, 1.807) is 18.2 Å². The number of hydrogen-bond acceptors (Lipinski definition) is 4. The van der Waals surface area contributed by atoms with E-state index >= 15 is 0 Å². The van der Waals surface area contributed by atoms with Gasteiger partial charge in [-0.25, -0.2) is 9.82 Å². The molecular weight excluding hydrogens is 371 g/mol. The highest BCUT2D eigenvalue weighted by Crippen LogP contribution is 2.21. The van der Waals surface area contributed by atoms with Crippen molar-refractivity contribution in [2.45, 2.75) is 26.2 Å². The monoisotopic (exact) mass is 394 g/mol. The summed E-state index contributed by atoms with van der Waals surface area (Å²) in [6, 6.07) is 15.0. The van der Waals surface area contributed by atoms with E-state index in [1.165, 1.54) is 18.3 Å². The van der Waals surface area contributed by atoms with Crippen molar-refractivity contribution in [3.05, 3.63) is 71.7 Å². The van der Waals surface area contributed by atoms with Gasteiger partial charge in [-0.3, -0.25) is 9.89 Å². The number of amides is 1. The highest BCUT2D eigenvalue weighted by molar-refractivity contribution is 5.94. The second-order valence-electron chi connectivity index (χ2n) is 6.50. The molecule has 0 aliphatic carbocycles. The quantitative estimate of drug-likeness (QED) is 0.317. The first kappa shape index (κ1) is 20.3. The van der Waals surface area contributed by atoms with Crippen LogP contribution in [0, 0.1) is 5.82 Å². The number of hydrogen-bond donors (Lipinski definition) is 2. The third-order valence-electron chi connectivity index (χ3n) is 4.24. The Kier molecular flexibility index (Phi) is 7.10. The van der Waals surface area contributed by atoms with Crippen molar-refractivity contribution in [3.8, 4) is 17.0 Å². The van der Waals surface area contributed by atoms with Crippen LogP contribution in [0.25, 0.3) is 11.3 Å². The Labute approximate surface area is 168 Å². The normalized spacial score (nSPS) is 11.0. The Hall–Kier alpha value is -3.48. The lowest BCUT2D eigenvalue weighted by atomic mass is 10.1. The molecule has 0 radical (unpaired) electrons. The summed E-state index contributed by atoms with van der Waals surface area (Å²) in [5, 5.41) is 10.8. The lowest BCUT2D eigenvalue weighted by molar-refractivity contribution is 0.0950. The zero-order valence-corrected chi connectivity index (χ0v) is 16.2. The van der Waals surface area contributed by atoms with Crippen LogP contribution < -0.4 is 10.2 Å². The first-order valence-electron chi connectivity index (χ1n) is 9.53. The number of aromatic nitrogens is 2. The molecule has 7 heteroatoms. The summed E-state index contributed by atoms with van der Waals surface area (Å²) in [5.41, 5.74) is 4.90. The largest absolute Gasteiger partial charge is 0.494 e. The van der Waals surface area contributed by atoms with Gasteiger partial charge in [0.2, 0.25) is 0 Å². The molecular formula is C22H23FN4O2. The average Bonchev–Trinajstić information content (AvgIpc) is 3.23. The number of unbranched alkanes of at least 4 members (excludes halogenated alkanes) is 2. The number of ether oxygens (including phenoxy) is 1. The molecule has 0 aliphatic rings. The van der Waals surface area contributed by atoms with E-state index in [0.29, 0.717) is 17.9 Å². The molecule has 0 saturated heterocycles. The highest BCUT2D eigenvalue weighted by atomic mass is 19.1. The molecule has 0 fully saturated rings. The van der Waals surface area contributed by atoms with Crippen LogP contribution in [0.3, 0.4) is 0 Å². The van der Waals surface area contributed by atoms with E-state index < -0.39 is 5.91 Å². The smallest absolute Gasteiger partial charge is 0.289 e. The summed E-state index contributed by atoms with van der Waals surface area (Å²) < 4.78 is 18.6. The standard InChI is InChI=1S/C22H23FN4O2/c1-2-3-4-13-29-19-11-7-17(8-12-19)20-14-21(26-25-20)22(28)27-24-15-16-5-9-18(23)10-6-16/h5-12,14-15H,2-4,13H2,1H3,(H,25,26)(H,27,28). The van der Waals surface area contributed by atoms with Gasteiger partial charge in [0.15, 0.2) is 0 Å². The topological polar surface area (TPSA) is 79.4 Å². The number of hydrazone groups is 1. The van der Waals surface area contributed by atoms with Crippen molar-refractivity contribution >= 4 is 12.1 Å². The average molecular weight is 394 g/mol. The summed E-state index contributed by atoms with van der Waals surface area (Å²) in [6.45, 7) is 2.86. The molecule has 2 aromatic carbocycles. The second kappa shape index (κ2) is 10.2. The Bertz CT molecular complexity index is 950. The fourth-order valence-electron chi connectivity index (χ4n) is 2.62. The van der Waals surface area contributed by atoms with Gasteiger partial charge in [0, 0.05) is 5.56 Å². The summed E-state index contributed by atoms with van der Waals surface area (Å²) in [5.74, 6) is 0.0683. The SMILES string of the molecule is CCCCCOc1ccc(-c2cc(C(=O)NN=Cc3ccc(F)cc3)[nH]n2)cc1. The van der Waals surface area contributed by atoms with Crippen LogP contribution in [0.4, 0.5) is 4.39 Å². The number of rotatable bonds is 9. The lowest BCUT2D eigenvalue weighted by Crippen LogP contribution is -2.17. The molecule has 0 saturated carbocycles. The van der Waals surface area contributed by atoms with Crippen molar-refractivity contribution in [3.63, 3.8) is 0 Å². The molecule has 1 heterocycles. The van der Waals surface area contributed by atoms with Crippen LogP contribution in [0.5, 0.6) is 5.75 Å². The van der Waals surface area contributed by atoms with Gasteiger partial charge in [-0.2, -0.15) is 10.2 Å². The maximum absolute atomic E-state index is 12.9. The molecule has 3 rings (SSSR count). The van der Waals surface area contributed by atoms with Gasteiger partial charge in [-0.1, -0.05) is 31.9 Å². The molecule has 150 valence electrons. The van der Waals surface area contributed by atoms with E-state index in [2.05, 4.69) is 27.6 Å². The van der Waals surface area contributed by atoms with E-state index in [0.717, 1.165) is 30.6 Å². The number of nitrogens with one attached hydrogen (secondary N) is 2. The van der Waals surface area contributed by atoms with Crippen molar-refractivity contribution in [1.82, 2.24) is 15.6 Å². The summed E-state index contributed by atoms with van der Waals surface area (Å²) >= 11 is 0. The third kappa shape index (κ3) is 6.00. The molecule has 6 nitrogen and oxygen atoms in total. The molecule has 0 spiro atoms. The number of nitrogens with zero attached hydrogens (tertiary/aromatic N) is 2. The Morgan fingerprint density at radius 2 is 1.93 bits per heavy atom. The van der Waals surface area contributed by atoms with Crippen LogP contribution >= 0.6 is 0 Å². The van der Waals surface area contributed by atoms with Gasteiger partial charge in [0.25, 0.3) is 5.91 Å². The van der Waals surface area contributed by atoms with Crippen molar-refractivity contribution < 1.29 is 13.9 Å². The molecule has 2 N–H and O–H groups in total. The van der Waals surface area contributed by atoms with Crippen LogP contribution in [-0.2, 0) is 0 Å². The number of aromatic amines is 1. The molecule has 0 atom stereocenters. The summed E-state index contributed by atoms with van der Waals surface area (Å²) in [6.07, 6.45) is 4.80. The molecule has 1 amide bonds. The zero-order valence-electron chi connectivity index (χ0n) is 16.2. The highest BCUT2D eigenvalue weighted by Gasteiger charge is 2.10. The molecule has 0 aliphatic heterocycles. The van der Waals surface area contributed by atoms with Gasteiger partial charge in [-0.05, 0) is 54.4 Å². The summed E-state index contributed by atoms with van der Waals surface area (Å²) in [7, 11) is 0. The maximum atomic E-state index is 12.9. The van der Waals surface area contributed by atoms with Gasteiger partial charge in [0.05, 0.1) is 18.5 Å². The molecule has 29 heavy (non-hydrogen) atoms. The zero-order chi connectivity index (χ0) is 20.5. The van der Waals surface area contributed by atoms with E-state index in [4.69, 9.17) is 4.74 Å². The number of halogens is 1. The van der Waals surface area contributed by atoms with E-state index in [1.807, 2.05) is 24.3 Å². The van der Waals surface area contributed by atoms with Gasteiger partial charge >= 0.3 is 0 Å². The molecule has 0 unspecified atom stereocenters. The number of benzene rings is 2. The van der Waals surface area contributed by atoms with Crippen molar-refractivity contribution in [2.75, 3.05) is 6.61 Å². The molecule has 0 bridgehead atoms. The van der Waals surface area contributed by atoms with Crippen LogP contribution in [0.2, 0.25) is 0 Å². The van der Waals surface area contributed by atoms with Gasteiger partial charge < -0.3 is 4.74 Å². The van der Waals surface area contributed by atoms with E-state index in [-0.39, 0.29) is 11.5 Å². The van der Waals surface area contributed by atoms with Crippen molar-refractivity contribution in [1.29, 1.82) is 0 Å². The third-order valence-corrected chi connectivity index (χ3v) is 4.24. The minimum atomic E-state index is -0.419. The second-order valence-corrected chi connectivity index (χ2v) is 6.50. The minimum Gasteiger partial charge on any atom is -0.494 e.